The number of furan rings is 1. The fourth-order valence-corrected chi connectivity index (χ4v) is 3.04. The van der Waals surface area contributed by atoms with E-state index in [0.717, 1.165) is 35.4 Å². The Hall–Kier alpha value is -2.18. The van der Waals surface area contributed by atoms with Gasteiger partial charge in [-0.2, -0.15) is 0 Å². The van der Waals surface area contributed by atoms with Crippen molar-refractivity contribution >= 4 is 34.2 Å². The number of hydrogen-bond donors (Lipinski definition) is 1. The van der Waals surface area contributed by atoms with Crippen LogP contribution in [0.15, 0.2) is 34.1 Å². The van der Waals surface area contributed by atoms with E-state index >= 15 is 0 Å². The van der Waals surface area contributed by atoms with Crippen LogP contribution in [0, 0.1) is 6.92 Å². The molecule has 0 aliphatic heterocycles. The van der Waals surface area contributed by atoms with E-state index in [1.807, 2.05) is 38.5 Å². The van der Waals surface area contributed by atoms with E-state index < -0.39 is 0 Å². The average Bonchev–Trinajstić information content (AvgIpc) is 3.12. The summed E-state index contributed by atoms with van der Waals surface area (Å²) in [5.74, 6) is 1.29. The molecule has 0 unspecified atom stereocenters. The quantitative estimate of drug-likeness (QED) is 0.777. The Balaban J connectivity index is 1.88. The van der Waals surface area contributed by atoms with Gasteiger partial charge in [0.25, 0.3) is 5.91 Å². The third kappa shape index (κ3) is 3.43. The van der Waals surface area contributed by atoms with Crippen molar-refractivity contribution in [1.29, 1.82) is 0 Å². The predicted molar refractivity (Wildman–Crippen MR) is 93.3 cm³/mol. The SMILES string of the molecule is Cc1oc2ccc(NC(=O)c3cccs3)nc2c1CCN(C)C. The Morgan fingerprint density at radius 3 is 2.87 bits per heavy atom. The van der Waals surface area contributed by atoms with Crippen LogP contribution < -0.4 is 5.32 Å². The number of nitrogens with zero attached hydrogens (tertiary/aromatic N) is 2. The summed E-state index contributed by atoms with van der Waals surface area (Å²) < 4.78 is 5.77. The van der Waals surface area contributed by atoms with Gasteiger partial charge in [0.2, 0.25) is 0 Å². The largest absolute Gasteiger partial charge is 0.459 e. The lowest BCUT2D eigenvalue weighted by molar-refractivity contribution is 0.103. The molecule has 0 aliphatic rings. The number of aromatic nitrogens is 1. The average molecular weight is 329 g/mol. The molecule has 0 saturated carbocycles. The maximum absolute atomic E-state index is 12.1. The first-order chi connectivity index (χ1) is 11.0. The number of likely N-dealkylation sites (N-methyl/N-ethyl adjacent to an activating group) is 1. The maximum Gasteiger partial charge on any atom is 0.266 e. The van der Waals surface area contributed by atoms with Crippen LogP contribution in [0.5, 0.6) is 0 Å². The topological polar surface area (TPSA) is 58.4 Å². The summed E-state index contributed by atoms with van der Waals surface area (Å²) in [4.78, 5) is 19.5. The first-order valence-electron chi connectivity index (χ1n) is 7.43. The molecule has 0 bridgehead atoms. The highest BCUT2D eigenvalue weighted by atomic mass is 32.1. The van der Waals surface area contributed by atoms with Crippen molar-refractivity contribution in [2.45, 2.75) is 13.3 Å². The van der Waals surface area contributed by atoms with E-state index in [-0.39, 0.29) is 5.91 Å². The molecule has 1 amide bonds. The molecule has 3 aromatic rings. The van der Waals surface area contributed by atoms with Crippen molar-refractivity contribution in [3.8, 4) is 0 Å². The zero-order valence-electron chi connectivity index (χ0n) is 13.4. The predicted octanol–water partition coefficient (Wildman–Crippen LogP) is 3.55. The molecule has 5 nitrogen and oxygen atoms in total. The lowest BCUT2D eigenvalue weighted by Crippen LogP contribution is -2.15. The van der Waals surface area contributed by atoms with Crippen molar-refractivity contribution in [3.05, 3.63) is 45.8 Å². The van der Waals surface area contributed by atoms with Gasteiger partial charge in [-0.3, -0.25) is 4.79 Å². The fraction of sp³-hybridized carbons (Fsp3) is 0.294. The van der Waals surface area contributed by atoms with E-state index in [2.05, 4.69) is 15.2 Å². The number of anilines is 1. The number of aryl methyl sites for hydroxylation is 1. The molecule has 3 rings (SSSR count). The molecule has 6 heteroatoms. The van der Waals surface area contributed by atoms with E-state index in [4.69, 9.17) is 4.42 Å². The molecule has 1 N–H and O–H groups in total. The van der Waals surface area contributed by atoms with Crippen LogP contribution in [0.4, 0.5) is 5.82 Å². The fourth-order valence-electron chi connectivity index (χ4n) is 2.42. The van der Waals surface area contributed by atoms with Gasteiger partial charge in [0.05, 0.1) is 4.88 Å². The monoisotopic (exact) mass is 329 g/mol. The summed E-state index contributed by atoms with van der Waals surface area (Å²) in [6, 6.07) is 7.28. The van der Waals surface area contributed by atoms with Crippen LogP contribution in [-0.4, -0.2) is 36.4 Å². The second kappa shape index (κ2) is 6.52. The summed E-state index contributed by atoms with van der Waals surface area (Å²) in [6.07, 6.45) is 0.862. The molecule has 3 heterocycles. The molecule has 23 heavy (non-hydrogen) atoms. The second-order valence-corrected chi connectivity index (χ2v) is 6.61. The minimum Gasteiger partial charge on any atom is -0.459 e. The van der Waals surface area contributed by atoms with E-state index in [0.29, 0.717) is 10.7 Å². The van der Waals surface area contributed by atoms with Crippen molar-refractivity contribution < 1.29 is 9.21 Å². The third-order valence-corrected chi connectivity index (χ3v) is 4.50. The summed E-state index contributed by atoms with van der Waals surface area (Å²) in [5.41, 5.74) is 2.68. The zero-order valence-corrected chi connectivity index (χ0v) is 14.2. The number of amides is 1. The molecule has 0 saturated heterocycles. The van der Waals surface area contributed by atoms with Gasteiger partial charge in [0.15, 0.2) is 5.58 Å². The van der Waals surface area contributed by atoms with Crippen molar-refractivity contribution in [2.75, 3.05) is 26.0 Å². The molecular weight excluding hydrogens is 310 g/mol. The maximum atomic E-state index is 12.1. The van der Waals surface area contributed by atoms with Gasteiger partial charge in [-0.25, -0.2) is 4.98 Å². The normalized spacial score (nSPS) is 11.3. The number of pyridine rings is 1. The highest BCUT2D eigenvalue weighted by Gasteiger charge is 2.14. The molecule has 0 radical (unpaired) electrons. The van der Waals surface area contributed by atoms with Crippen LogP contribution in [0.3, 0.4) is 0 Å². The summed E-state index contributed by atoms with van der Waals surface area (Å²) in [6.45, 7) is 2.87. The Kier molecular flexibility index (Phi) is 4.45. The molecular formula is C17H19N3O2S. The van der Waals surface area contributed by atoms with Crippen LogP contribution >= 0.6 is 11.3 Å². The van der Waals surface area contributed by atoms with Crippen molar-refractivity contribution in [2.24, 2.45) is 0 Å². The van der Waals surface area contributed by atoms with Crippen molar-refractivity contribution in [1.82, 2.24) is 9.88 Å². The first kappa shape index (κ1) is 15.7. The van der Waals surface area contributed by atoms with Gasteiger partial charge in [-0.05, 0) is 51.0 Å². The minimum atomic E-state index is -0.137. The molecule has 3 aromatic heterocycles. The summed E-state index contributed by atoms with van der Waals surface area (Å²) in [7, 11) is 4.08. The van der Waals surface area contributed by atoms with Crippen LogP contribution in [0.25, 0.3) is 11.1 Å². The Morgan fingerprint density at radius 2 is 2.17 bits per heavy atom. The van der Waals surface area contributed by atoms with Crippen LogP contribution in [0.1, 0.15) is 21.0 Å². The summed E-state index contributed by atoms with van der Waals surface area (Å²) in [5, 5.41) is 4.73. The molecule has 0 atom stereocenters. The number of nitrogens with one attached hydrogen (secondary N) is 1. The smallest absolute Gasteiger partial charge is 0.266 e. The number of thiophene rings is 1. The van der Waals surface area contributed by atoms with E-state index in [9.17, 15) is 4.79 Å². The number of carbonyl (C=O) groups excluding carboxylic acids is 1. The first-order valence-corrected chi connectivity index (χ1v) is 8.31. The van der Waals surface area contributed by atoms with E-state index in [1.54, 1.807) is 12.1 Å². The Labute approximate surface area is 138 Å². The van der Waals surface area contributed by atoms with Crippen LogP contribution in [0.2, 0.25) is 0 Å². The lowest BCUT2D eigenvalue weighted by Gasteiger charge is -2.08. The standard InChI is InChI=1S/C17H19N3O2S/c1-11-12(8-9-20(2)3)16-13(22-11)6-7-15(18-16)19-17(21)14-5-4-10-23-14/h4-7,10H,8-9H2,1-3H3,(H,18,19,21). The number of hydrogen-bond acceptors (Lipinski definition) is 5. The number of carbonyl (C=O) groups is 1. The van der Waals surface area contributed by atoms with Gasteiger partial charge in [0.1, 0.15) is 17.1 Å². The highest BCUT2D eigenvalue weighted by molar-refractivity contribution is 7.12. The molecule has 0 aromatic carbocycles. The van der Waals surface area contributed by atoms with Gasteiger partial charge >= 0.3 is 0 Å². The number of fused-ring (bicyclic) bond motifs is 1. The van der Waals surface area contributed by atoms with Gasteiger partial charge < -0.3 is 14.6 Å². The van der Waals surface area contributed by atoms with E-state index in [1.165, 1.54) is 11.3 Å². The molecule has 0 aliphatic carbocycles. The molecule has 0 fully saturated rings. The van der Waals surface area contributed by atoms with Gasteiger partial charge in [-0.1, -0.05) is 6.07 Å². The zero-order chi connectivity index (χ0) is 16.4. The van der Waals surface area contributed by atoms with Gasteiger partial charge in [0, 0.05) is 12.1 Å². The van der Waals surface area contributed by atoms with Crippen molar-refractivity contribution in [3.63, 3.8) is 0 Å². The second-order valence-electron chi connectivity index (χ2n) is 5.66. The molecule has 120 valence electrons. The molecule has 0 spiro atoms. The Morgan fingerprint density at radius 1 is 1.35 bits per heavy atom. The highest BCUT2D eigenvalue weighted by Crippen LogP contribution is 2.26. The van der Waals surface area contributed by atoms with Gasteiger partial charge in [-0.15, -0.1) is 11.3 Å². The van der Waals surface area contributed by atoms with Crippen LogP contribution in [-0.2, 0) is 6.42 Å². The Bertz CT molecular complexity index is 822. The lowest BCUT2D eigenvalue weighted by atomic mass is 10.1. The summed E-state index contributed by atoms with van der Waals surface area (Å²) >= 11 is 1.41. The number of rotatable bonds is 5. The minimum absolute atomic E-state index is 0.137. The third-order valence-electron chi connectivity index (χ3n) is 3.63.